The Kier molecular flexibility index (Phi) is 3.05. The van der Waals surface area contributed by atoms with Crippen LogP contribution in [0.2, 0.25) is 0 Å². The zero-order valence-corrected chi connectivity index (χ0v) is 9.13. The third kappa shape index (κ3) is 2.31. The first-order chi connectivity index (χ1) is 7.77. The van der Waals surface area contributed by atoms with Crippen molar-refractivity contribution < 1.29 is 4.74 Å². The molecule has 2 N–H and O–H groups in total. The first-order valence-electron chi connectivity index (χ1n) is 5.19. The third-order valence-corrected chi connectivity index (χ3v) is 2.33. The van der Waals surface area contributed by atoms with Crippen molar-refractivity contribution in [3.05, 3.63) is 54.4 Å². The largest absolute Gasteiger partial charge is 0.482 e. The Morgan fingerprint density at radius 3 is 2.56 bits per heavy atom. The van der Waals surface area contributed by atoms with Crippen molar-refractivity contribution in [2.24, 2.45) is 0 Å². The van der Waals surface area contributed by atoms with Gasteiger partial charge in [0.25, 0.3) is 0 Å². The molecule has 82 valence electrons. The van der Waals surface area contributed by atoms with Gasteiger partial charge in [-0.25, -0.2) is 0 Å². The number of benzene rings is 1. The summed E-state index contributed by atoms with van der Waals surface area (Å²) >= 11 is 0. The van der Waals surface area contributed by atoms with Crippen LogP contribution < -0.4 is 10.5 Å². The van der Waals surface area contributed by atoms with Crippen molar-refractivity contribution in [2.75, 3.05) is 5.73 Å². The van der Waals surface area contributed by atoms with E-state index in [2.05, 4.69) is 4.98 Å². The molecule has 16 heavy (non-hydrogen) atoms. The second-order valence-corrected chi connectivity index (χ2v) is 3.55. The molecule has 0 fully saturated rings. The molecule has 0 radical (unpaired) electrons. The number of nitrogen functional groups attached to an aromatic ring is 1. The molecule has 1 aromatic heterocycles. The Labute approximate surface area is 94.9 Å². The smallest absolute Gasteiger partial charge is 0.143 e. The normalized spacial score (nSPS) is 12.1. The third-order valence-electron chi connectivity index (χ3n) is 2.33. The minimum absolute atomic E-state index is 0.106. The van der Waals surface area contributed by atoms with E-state index in [1.165, 1.54) is 0 Å². The van der Waals surface area contributed by atoms with Gasteiger partial charge in [-0.2, -0.15) is 0 Å². The highest BCUT2D eigenvalue weighted by molar-refractivity contribution is 5.51. The van der Waals surface area contributed by atoms with Gasteiger partial charge in [-0.15, -0.1) is 0 Å². The van der Waals surface area contributed by atoms with Crippen LogP contribution in [0.4, 0.5) is 5.69 Å². The van der Waals surface area contributed by atoms with E-state index in [1.807, 2.05) is 49.4 Å². The van der Waals surface area contributed by atoms with Crippen LogP contribution >= 0.6 is 0 Å². The van der Waals surface area contributed by atoms with Gasteiger partial charge < -0.3 is 10.5 Å². The highest BCUT2D eigenvalue weighted by Crippen LogP contribution is 2.25. The van der Waals surface area contributed by atoms with Crippen LogP contribution in [0.25, 0.3) is 0 Å². The predicted molar refractivity (Wildman–Crippen MR) is 64.1 cm³/mol. The SMILES string of the molecule is CC(Oc1ccccc1N)c1ccccn1. The van der Waals surface area contributed by atoms with Crippen LogP contribution in [-0.4, -0.2) is 4.98 Å². The zero-order valence-electron chi connectivity index (χ0n) is 9.13. The van der Waals surface area contributed by atoms with Crippen LogP contribution in [0.15, 0.2) is 48.7 Å². The van der Waals surface area contributed by atoms with Gasteiger partial charge in [-0.1, -0.05) is 18.2 Å². The number of hydrogen-bond donors (Lipinski definition) is 1. The Morgan fingerprint density at radius 2 is 1.88 bits per heavy atom. The molecule has 1 atom stereocenters. The summed E-state index contributed by atoms with van der Waals surface area (Å²) in [6.45, 7) is 1.95. The molecule has 0 aliphatic rings. The monoisotopic (exact) mass is 214 g/mol. The molecular weight excluding hydrogens is 200 g/mol. The van der Waals surface area contributed by atoms with Crippen molar-refractivity contribution in [3.63, 3.8) is 0 Å². The van der Waals surface area contributed by atoms with Crippen molar-refractivity contribution >= 4 is 5.69 Å². The number of anilines is 1. The van der Waals surface area contributed by atoms with Gasteiger partial charge in [0.2, 0.25) is 0 Å². The summed E-state index contributed by atoms with van der Waals surface area (Å²) < 4.78 is 5.74. The number of hydrogen-bond acceptors (Lipinski definition) is 3. The zero-order chi connectivity index (χ0) is 11.4. The molecule has 1 heterocycles. The van der Waals surface area contributed by atoms with Crippen LogP contribution in [-0.2, 0) is 0 Å². The van der Waals surface area contributed by atoms with E-state index in [1.54, 1.807) is 6.20 Å². The van der Waals surface area contributed by atoms with E-state index < -0.39 is 0 Å². The molecule has 2 rings (SSSR count). The molecule has 0 saturated carbocycles. The lowest BCUT2D eigenvalue weighted by Gasteiger charge is -2.15. The second-order valence-electron chi connectivity index (χ2n) is 3.55. The van der Waals surface area contributed by atoms with Crippen LogP contribution in [0.5, 0.6) is 5.75 Å². The summed E-state index contributed by atoms with van der Waals surface area (Å²) in [6, 6.07) is 13.2. The van der Waals surface area contributed by atoms with E-state index in [0.29, 0.717) is 11.4 Å². The summed E-state index contributed by atoms with van der Waals surface area (Å²) in [7, 11) is 0. The predicted octanol–water partition coefficient (Wildman–Crippen LogP) is 2.80. The quantitative estimate of drug-likeness (QED) is 0.799. The van der Waals surface area contributed by atoms with Gasteiger partial charge >= 0.3 is 0 Å². The average Bonchev–Trinajstić information content (AvgIpc) is 2.33. The van der Waals surface area contributed by atoms with Crippen molar-refractivity contribution in [1.82, 2.24) is 4.98 Å². The molecular formula is C13H14N2O. The fraction of sp³-hybridized carbons (Fsp3) is 0.154. The first-order valence-corrected chi connectivity index (χ1v) is 5.19. The summed E-state index contributed by atoms with van der Waals surface area (Å²) in [5.74, 6) is 0.695. The highest BCUT2D eigenvalue weighted by atomic mass is 16.5. The van der Waals surface area contributed by atoms with E-state index >= 15 is 0 Å². The first kappa shape index (κ1) is 10.5. The van der Waals surface area contributed by atoms with Crippen LogP contribution in [0.1, 0.15) is 18.7 Å². The molecule has 0 amide bonds. The number of nitrogens with two attached hydrogens (primary N) is 1. The Morgan fingerprint density at radius 1 is 1.12 bits per heavy atom. The Hall–Kier alpha value is -2.03. The molecule has 3 heteroatoms. The topological polar surface area (TPSA) is 48.1 Å². The lowest BCUT2D eigenvalue weighted by Crippen LogP contribution is -2.06. The number of ether oxygens (including phenoxy) is 1. The van der Waals surface area contributed by atoms with Gasteiger partial charge in [0.05, 0.1) is 11.4 Å². The number of pyridine rings is 1. The number of para-hydroxylation sites is 2. The van der Waals surface area contributed by atoms with Crippen molar-refractivity contribution in [2.45, 2.75) is 13.0 Å². The molecule has 0 bridgehead atoms. The van der Waals surface area contributed by atoms with Gasteiger partial charge in [0, 0.05) is 6.20 Å². The Balaban J connectivity index is 2.14. The number of rotatable bonds is 3. The minimum Gasteiger partial charge on any atom is -0.482 e. The number of aromatic nitrogens is 1. The molecule has 2 aromatic rings. The number of nitrogens with zero attached hydrogens (tertiary/aromatic N) is 1. The summed E-state index contributed by atoms with van der Waals surface area (Å²) in [6.07, 6.45) is 1.65. The molecule has 0 aliphatic carbocycles. The molecule has 0 aliphatic heterocycles. The van der Waals surface area contributed by atoms with Crippen molar-refractivity contribution in [3.8, 4) is 5.75 Å². The fourth-order valence-corrected chi connectivity index (χ4v) is 1.46. The molecule has 1 unspecified atom stereocenters. The Bertz CT molecular complexity index is 456. The van der Waals surface area contributed by atoms with E-state index in [9.17, 15) is 0 Å². The van der Waals surface area contributed by atoms with Gasteiger partial charge in [-0.05, 0) is 31.2 Å². The summed E-state index contributed by atoms with van der Waals surface area (Å²) in [4.78, 5) is 4.24. The molecule has 1 aromatic carbocycles. The van der Waals surface area contributed by atoms with E-state index in [-0.39, 0.29) is 6.10 Å². The average molecular weight is 214 g/mol. The standard InChI is InChI=1S/C13H14N2O/c1-10(12-7-4-5-9-15-12)16-13-8-3-2-6-11(13)14/h2-10H,14H2,1H3. The lowest BCUT2D eigenvalue weighted by atomic mass is 10.2. The molecule has 0 saturated heterocycles. The van der Waals surface area contributed by atoms with Crippen molar-refractivity contribution in [1.29, 1.82) is 0 Å². The molecule has 3 nitrogen and oxygen atoms in total. The lowest BCUT2D eigenvalue weighted by molar-refractivity contribution is 0.223. The maximum absolute atomic E-state index is 5.80. The molecule has 0 spiro atoms. The highest BCUT2D eigenvalue weighted by Gasteiger charge is 2.09. The minimum atomic E-state index is -0.106. The maximum Gasteiger partial charge on any atom is 0.143 e. The van der Waals surface area contributed by atoms with Gasteiger partial charge in [0.1, 0.15) is 11.9 Å². The van der Waals surface area contributed by atoms with Gasteiger partial charge in [0.15, 0.2) is 0 Å². The maximum atomic E-state index is 5.80. The van der Waals surface area contributed by atoms with E-state index in [0.717, 1.165) is 5.69 Å². The van der Waals surface area contributed by atoms with Crippen LogP contribution in [0, 0.1) is 0 Å². The second kappa shape index (κ2) is 4.66. The fourth-order valence-electron chi connectivity index (χ4n) is 1.46. The summed E-state index contributed by atoms with van der Waals surface area (Å²) in [5.41, 5.74) is 7.34. The summed E-state index contributed by atoms with van der Waals surface area (Å²) in [5, 5.41) is 0. The van der Waals surface area contributed by atoms with Gasteiger partial charge in [-0.3, -0.25) is 4.98 Å². The van der Waals surface area contributed by atoms with Crippen LogP contribution in [0.3, 0.4) is 0 Å². The van der Waals surface area contributed by atoms with E-state index in [4.69, 9.17) is 10.5 Å².